The molecule has 2 aliphatic rings. The summed E-state index contributed by atoms with van der Waals surface area (Å²) in [6, 6.07) is 6.62. The maximum Gasteiger partial charge on any atom is 0.247 e. The number of carbonyl (C=O) groups is 3. The third kappa shape index (κ3) is 2.79. The molecule has 0 saturated carbocycles. The van der Waals surface area contributed by atoms with E-state index in [0.717, 1.165) is 10.5 Å². The van der Waals surface area contributed by atoms with Crippen LogP contribution in [0.2, 0.25) is 0 Å². The number of fused-ring (bicyclic) bond motifs is 1. The number of aryl methyl sites for hydroxylation is 1. The van der Waals surface area contributed by atoms with E-state index < -0.39 is 6.04 Å². The van der Waals surface area contributed by atoms with Crippen LogP contribution in [-0.4, -0.2) is 28.7 Å². The molecule has 1 aliphatic carbocycles. The number of allylic oxidation sites excluding steroid dienone is 2. The predicted molar refractivity (Wildman–Crippen MR) is 86.5 cm³/mol. The summed E-state index contributed by atoms with van der Waals surface area (Å²) in [5.74, 6) is -1.40. The molecular weight excluding hydrogens is 292 g/mol. The summed E-state index contributed by atoms with van der Waals surface area (Å²) in [6.07, 6.45) is 5.04. The van der Waals surface area contributed by atoms with E-state index in [1.54, 1.807) is 13.0 Å². The van der Waals surface area contributed by atoms with Crippen LogP contribution in [0.3, 0.4) is 0 Å². The molecule has 23 heavy (non-hydrogen) atoms. The average Bonchev–Trinajstić information content (AvgIpc) is 2.79. The minimum Gasteiger partial charge on any atom is -0.324 e. The van der Waals surface area contributed by atoms with E-state index in [1.165, 1.54) is 0 Å². The summed E-state index contributed by atoms with van der Waals surface area (Å²) in [6.45, 7) is 3.54. The van der Waals surface area contributed by atoms with Crippen LogP contribution in [0.4, 0.5) is 5.69 Å². The molecule has 1 fully saturated rings. The minimum atomic E-state index is -0.805. The standard InChI is InChI=1S/C18H20N2O3/c1-11-6-5-7-13(10-11)19-16(21)12(2)20-17(22)14-8-3-4-9-15(14)18(20)23/h3-7,10,12,14-15H,8-9H2,1-2H3,(H,19,21)/t12-,14?,15?/m1/s1. The maximum absolute atomic E-state index is 12.5. The van der Waals surface area contributed by atoms with E-state index in [-0.39, 0.29) is 29.6 Å². The Morgan fingerprint density at radius 1 is 1.17 bits per heavy atom. The zero-order valence-electron chi connectivity index (χ0n) is 13.3. The van der Waals surface area contributed by atoms with Gasteiger partial charge in [-0.15, -0.1) is 0 Å². The summed E-state index contributed by atoms with van der Waals surface area (Å²) >= 11 is 0. The van der Waals surface area contributed by atoms with Crippen LogP contribution < -0.4 is 5.32 Å². The van der Waals surface area contributed by atoms with Crippen molar-refractivity contribution in [1.29, 1.82) is 0 Å². The molecular formula is C18H20N2O3. The largest absolute Gasteiger partial charge is 0.324 e. The van der Waals surface area contributed by atoms with E-state index in [2.05, 4.69) is 5.32 Å². The number of imide groups is 1. The maximum atomic E-state index is 12.5. The van der Waals surface area contributed by atoms with Gasteiger partial charge in [-0.05, 0) is 44.4 Å². The highest BCUT2D eigenvalue weighted by Gasteiger charge is 2.50. The van der Waals surface area contributed by atoms with Crippen LogP contribution >= 0.6 is 0 Å². The van der Waals surface area contributed by atoms with Crippen molar-refractivity contribution >= 4 is 23.4 Å². The third-order valence-corrected chi connectivity index (χ3v) is 4.59. The van der Waals surface area contributed by atoms with Gasteiger partial charge in [0.25, 0.3) is 0 Å². The van der Waals surface area contributed by atoms with Gasteiger partial charge in [0.1, 0.15) is 6.04 Å². The molecule has 1 heterocycles. The van der Waals surface area contributed by atoms with Gasteiger partial charge in [0, 0.05) is 5.69 Å². The first-order valence-corrected chi connectivity index (χ1v) is 7.88. The molecule has 0 spiro atoms. The molecule has 3 atom stereocenters. The van der Waals surface area contributed by atoms with Crippen molar-refractivity contribution in [2.24, 2.45) is 11.8 Å². The van der Waals surface area contributed by atoms with Crippen molar-refractivity contribution in [2.45, 2.75) is 32.7 Å². The van der Waals surface area contributed by atoms with Crippen molar-refractivity contribution in [1.82, 2.24) is 4.90 Å². The Hall–Kier alpha value is -2.43. The lowest BCUT2D eigenvalue weighted by Gasteiger charge is -2.22. The Morgan fingerprint density at radius 2 is 1.78 bits per heavy atom. The molecule has 3 amide bonds. The zero-order chi connectivity index (χ0) is 16.6. The van der Waals surface area contributed by atoms with Gasteiger partial charge in [-0.1, -0.05) is 24.3 Å². The fourth-order valence-electron chi connectivity index (χ4n) is 3.29. The van der Waals surface area contributed by atoms with Gasteiger partial charge in [0.05, 0.1) is 11.8 Å². The van der Waals surface area contributed by atoms with E-state index in [9.17, 15) is 14.4 Å². The lowest BCUT2D eigenvalue weighted by Crippen LogP contribution is -2.46. The van der Waals surface area contributed by atoms with E-state index in [1.807, 2.05) is 37.3 Å². The van der Waals surface area contributed by atoms with Crippen LogP contribution in [0.25, 0.3) is 0 Å². The van der Waals surface area contributed by atoms with Crippen LogP contribution in [0, 0.1) is 18.8 Å². The van der Waals surface area contributed by atoms with Crippen molar-refractivity contribution < 1.29 is 14.4 Å². The number of hydrogen-bond acceptors (Lipinski definition) is 3. The number of carbonyl (C=O) groups excluding carboxylic acids is 3. The van der Waals surface area contributed by atoms with Crippen molar-refractivity contribution in [3.05, 3.63) is 42.0 Å². The number of rotatable bonds is 3. The molecule has 1 aromatic carbocycles. The molecule has 3 rings (SSSR count). The van der Waals surface area contributed by atoms with E-state index in [4.69, 9.17) is 0 Å². The first-order chi connectivity index (χ1) is 11.0. The van der Waals surface area contributed by atoms with Gasteiger partial charge in [-0.3, -0.25) is 19.3 Å². The number of nitrogens with one attached hydrogen (secondary N) is 1. The van der Waals surface area contributed by atoms with Crippen LogP contribution in [0.15, 0.2) is 36.4 Å². The Morgan fingerprint density at radius 3 is 2.35 bits per heavy atom. The Labute approximate surface area is 135 Å². The molecule has 5 heteroatoms. The van der Waals surface area contributed by atoms with Gasteiger partial charge in [-0.2, -0.15) is 0 Å². The highest BCUT2D eigenvalue weighted by Crippen LogP contribution is 2.36. The topological polar surface area (TPSA) is 66.5 Å². The summed E-state index contributed by atoms with van der Waals surface area (Å²) in [7, 11) is 0. The van der Waals surface area contributed by atoms with Gasteiger partial charge in [-0.25, -0.2) is 0 Å². The van der Waals surface area contributed by atoms with Gasteiger partial charge >= 0.3 is 0 Å². The zero-order valence-corrected chi connectivity index (χ0v) is 13.3. The number of anilines is 1. The molecule has 1 aromatic rings. The molecule has 5 nitrogen and oxygen atoms in total. The van der Waals surface area contributed by atoms with Gasteiger partial charge < -0.3 is 5.32 Å². The highest BCUT2D eigenvalue weighted by molar-refractivity contribution is 6.10. The van der Waals surface area contributed by atoms with Crippen molar-refractivity contribution in [3.8, 4) is 0 Å². The highest BCUT2D eigenvalue weighted by atomic mass is 16.2. The fraction of sp³-hybridized carbons (Fsp3) is 0.389. The minimum absolute atomic E-state index is 0.226. The number of likely N-dealkylation sites (tertiary alicyclic amines) is 1. The van der Waals surface area contributed by atoms with Gasteiger partial charge in [0.2, 0.25) is 17.7 Å². The number of benzene rings is 1. The number of hydrogen-bond donors (Lipinski definition) is 1. The first-order valence-electron chi connectivity index (χ1n) is 7.88. The third-order valence-electron chi connectivity index (χ3n) is 4.59. The van der Waals surface area contributed by atoms with Crippen LogP contribution in [-0.2, 0) is 14.4 Å². The summed E-state index contributed by atoms with van der Waals surface area (Å²) in [4.78, 5) is 38.6. The summed E-state index contributed by atoms with van der Waals surface area (Å²) in [5, 5.41) is 2.78. The quantitative estimate of drug-likeness (QED) is 0.688. The second kappa shape index (κ2) is 5.99. The van der Waals surface area contributed by atoms with Crippen molar-refractivity contribution in [2.75, 3.05) is 5.32 Å². The Kier molecular flexibility index (Phi) is 4.03. The van der Waals surface area contributed by atoms with E-state index in [0.29, 0.717) is 18.5 Å². The SMILES string of the molecule is Cc1cccc(NC(=O)[C@@H](C)N2C(=O)C3CC=CCC3C2=O)c1. The summed E-state index contributed by atoms with van der Waals surface area (Å²) in [5.41, 5.74) is 1.70. The molecule has 0 bridgehead atoms. The molecule has 1 saturated heterocycles. The van der Waals surface area contributed by atoms with E-state index >= 15 is 0 Å². The van der Waals surface area contributed by atoms with Crippen LogP contribution in [0.5, 0.6) is 0 Å². The molecule has 0 aromatic heterocycles. The summed E-state index contributed by atoms with van der Waals surface area (Å²) < 4.78 is 0. The fourth-order valence-corrected chi connectivity index (χ4v) is 3.29. The molecule has 1 N–H and O–H groups in total. The molecule has 1 aliphatic heterocycles. The second-order valence-corrected chi connectivity index (χ2v) is 6.24. The predicted octanol–water partition coefficient (Wildman–Crippen LogP) is 2.27. The Balaban J connectivity index is 1.75. The normalized spacial score (nSPS) is 24.5. The molecule has 0 radical (unpaired) electrons. The monoisotopic (exact) mass is 312 g/mol. The lowest BCUT2D eigenvalue weighted by atomic mass is 9.85. The first kappa shape index (κ1) is 15.5. The average molecular weight is 312 g/mol. The lowest BCUT2D eigenvalue weighted by molar-refractivity contribution is -0.146. The number of amides is 3. The van der Waals surface area contributed by atoms with Crippen molar-refractivity contribution in [3.63, 3.8) is 0 Å². The Bertz CT molecular complexity index is 669. The second-order valence-electron chi connectivity index (χ2n) is 6.24. The van der Waals surface area contributed by atoms with Crippen LogP contribution in [0.1, 0.15) is 25.3 Å². The molecule has 2 unspecified atom stereocenters. The molecule has 120 valence electrons. The smallest absolute Gasteiger partial charge is 0.247 e. The number of nitrogens with zero attached hydrogens (tertiary/aromatic N) is 1. The van der Waals surface area contributed by atoms with Gasteiger partial charge in [0.15, 0.2) is 0 Å².